The maximum Gasteiger partial charge on any atom is 0.0576 e. The molecule has 0 amide bonds. The number of rotatable bonds is 5. The average molecular weight is 255 g/mol. The summed E-state index contributed by atoms with van der Waals surface area (Å²) in [4.78, 5) is 0. The lowest BCUT2D eigenvalue weighted by Crippen LogP contribution is -2.44. The van der Waals surface area contributed by atoms with Gasteiger partial charge in [-0.15, -0.1) is 0 Å². The third kappa shape index (κ3) is 4.22. The summed E-state index contributed by atoms with van der Waals surface area (Å²) in [6.45, 7) is 10.6. The molecule has 0 aromatic rings. The Morgan fingerprint density at radius 1 is 1.28 bits per heavy atom. The number of ether oxygens (including phenoxy) is 2. The standard InChI is InChI=1S/C15H29NO2/c1-14(2,3)16-11-15(8-10-17-12-15)7-6-13-5-4-9-18-13/h13,16H,4-12H2,1-3H3. The Kier molecular flexibility index (Phi) is 4.68. The second-order valence-electron chi connectivity index (χ2n) is 7.08. The highest BCUT2D eigenvalue weighted by atomic mass is 16.5. The van der Waals surface area contributed by atoms with Gasteiger partial charge in [0.05, 0.1) is 12.7 Å². The molecular formula is C15H29NO2. The van der Waals surface area contributed by atoms with E-state index >= 15 is 0 Å². The zero-order chi connectivity index (χ0) is 13.1. The van der Waals surface area contributed by atoms with Gasteiger partial charge in [0.2, 0.25) is 0 Å². The van der Waals surface area contributed by atoms with Crippen molar-refractivity contribution in [1.29, 1.82) is 0 Å². The summed E-state index contributed by atoms with van der Waals surface area (Å²) >= 11 is 0. The van der Waals surface area contributed by atoms with E-state index in [2.05, 4.69) is 26.1 Å². The minimum atomic E-state index is 0.194. The van der Waals surface area contributed by atoms with E-state index in [1.165, 1.54) is 32.1 Å². The Morgan fingerprint density at radius 2 is 2.11 bits per heavy atom. The first-order chi connectivity index (χ1) is 8.49. The fourth-order valence-corrected chi connectivity index (χ4v) is 2.87. The van der Waals surface area contributed by atoms with Gasteiger partial charge in [0.25, 0.3) is 0 Å². The first-order valence-electron chi connectivity index (χ1n) is 7.44. The van der Waals surface area contributed by atoms with Gasteiger partial charge in [-0.1, -0.05) is 0 Å². The molecule has 3 nitrogen and oxygen atoms in total. The fourth-order valence-electron chi connectivity index (χ4n) is 2.87. The molecule has 2 unspecified atom stereocenters. The Labute approximate surface area is 112 Å². The molecule has 2 aliphatic rings. The SMILES string of the molecule is CC(C)(C)NCC1(CCC2CCCO2)CCOC1. The fraction of sp³-hybridized carbons (Fsp3) is 1.00. The molecule has 1 N–H and O–H groups in total. The average Bonchev–Trinajstić information content (AvgIpc) is 2.96. The van der Waals surface area contributed by atoms with E-state index in [0.717, 1.165) is 26.4 Å². The van der Waals surface area contributed by atoms with Gasteiger partial charge in [0, 0.05) is 30.7 Å². The zero-order valence-electron chi connectivity index (χ0n) is 12.3. The molecule has 2 saturated heterocycles. The van der Waals surface area contributed by atoms with Crippen molar-refractivity contribution in [3.8, 4) is 0 Å². The van der Waals surface area contributed by atoms with Gasteiger partial charge in [0.15, 0.2) is 0 Å². The van der Waals surface area contributed by atoms with Gasteiger partial charge in [-0.25, -0.2) is 0 Å². The lowest BCUT2D eigenvalue weighted by molar-refractivity contribution is 0.0788. The van der Waals surface area contributed by atoms with Gasteiger partial charge in [-0.2, -0.15) is 0 Å². The summed E-state index contributed by atoms with van der Waals surface area (Å²) in [7, 11) is 0. The molecule has 0 aromatic carbocycles. The van der Waals surface area contributed by atoms with Crippen LogP contribution in [0.25, 0.3) is 0 Å². The number of nitrogens with one attached hydrogen (secondary N) is 1. The molecule has 0 bridgehead atoms. The molecule has 0 saturated carbocycles. The van der Waals surface area contributed by atoms with Crippen LogP contribution in [-0.4, -0.2) is 38.0 Å². The van der Waals surface area contributed by atoms with Crippen molar-refractivity contribution < 1.29 is 9.47 Å². The number of hydrogen-bond donors (Lipinski definition) is 1. The maximum atomic E-state index is 5.74. The topological polar surface area (TPSA) is 30.5 Å². The normalized spacial score (nSPS) is 33.2. The van der Waals surface area contributed by atoms with Crippen molar-refractivity contribution >= 4 is 0 Å². The third-order valence-corrected chi connectivity index (χ3v) is 4.20. The summed E-state index contributed by atoms with van der Waals surface area (Å²) < 4.78 is 11.4. The van der Waals surface area contributed by atoms with Crippen LogP contribution in [0.1, 0.15) is 52.9 Å². The molecule has 0 spiro atoms. The van der Waals surface area contributed by atoms with Crippen LogP contribution in [-0.2, 0) is 9.47 Å². The molecule has 2 heterocycles. The van der Waals surface area contributed by atoms with Crippen LogP contribution >= 0.6 is 0 Å². The van der Waals surface area contributed by atoms with Crippen LogP contribution in [0.3, 0.4) is 0 Å². The van der Waals surface area contributed by atoms with Gasteiger partial charge >= 0.3 is 0 Å². The maximum absolute atomic E-state index is 5.74. The summed E-state index contributed by atoms with van der Waals surface area (Å²) in [6.07, 6.45) is 6.65. The largest absolute Gasteiger partial charge is 0.381 e. The molecule has 0 radical (unpaired) electrons. The Hall–Kier alpha value is -0.120. The molecule has 3 heteroatoms. The molecule has 18 heavy (non-hydrogen) atoms. The van der Waals surface area contributed by atoms with Crippen molar-refractivity contribution in [3.63, 3.8) is 0 Å². The molecule has 106 valence electrons. The van der Waals surface area contributed by atoms with E-state index in [9.17, 15) is 0 Å². The van der Waals surface area contributed by atoms with E-state index in [4.69, 9.17) is 9.47 Å². The quantitative estimate of drug-likeness (QED) is 0.819. The highest BCUT2D eigenvalue weighted by Gasteiger charge is 2.36. The van der Waals surface area contributed by atoms with Gasteiger partial charge in [-0.05, 0) is 52.9 Å². The lowest BCUT2D eigenvalue weighted by Gasteiger charge is -2.33. The van der Waals surface area contributed by atoms with Gasteiger partial charge < -0.3 is 14.8 Å². The van der Waals surface area contributed by atoms with Crippen molar-refractivity contribution in [2.24, 2.45) is 5.41 Å². The van der Waals surface area contributed by atoms with E-state index < -0.39 is 0 Å². The smallest absolute Gasteiger partial charge is 0.0576 e. The first kappa shape index (κ1) is 14.3. The van der Waals surface area contributed by atoms with Crippen LogP contribution in [0.15, 0.2) is 0 Å². The third-order valence-electron chi connectivity index (χ3n) is 4.20. The molecule has 2 fully saturated rings. The lowest BCUT2D eigenvalue weighted by atomic mass is 9.80. The zero-order valence-corrected chi connectivity index (χ0v) is 12.3. The first-order valence-corrected chi connectivity index (χ1v) is 7.44. The van der Waals surface area contributed by atoms with E-state index in [-0.39, 0.29) is 5.54 Å². The van der Waals surface area contributed by atoms with Gasteiger partial charge in [0.1, 0.15) is 0 Å². The predicted octanol–water partition coefficient (Wildman–Crippen LogP) is 2.74. The van der Waals surface area contributed by atoms with E-state index in [0.29, 0.717) is 11.5 Å². The number of hydrogen-bond acceptors (Lipinski definition) is 3. The highest BCUT2D eigenvalue weighted by Crippen LogP contribution is 2.35. The molecule has 2 rings (SSSR count). The van der Waals surface area contributed by atoms with Gasteiger partial charge in [-0.3, -0.25) is 0 Å². The molecule has 2 atom stereocenters. The molecule has 0 aromatic heterocycles. The molecule has 2 aliphatic heterocycles. The van der Waals surface area contributed by atoms with Crippen LogP contribution in [0, 0.1) is 5.41 Å². The van der Waals surface area contributed by atoms with Crippen LogP contribution < -0.4 is 5.32 Å². The molecule has 0 aliphatic carbocycles. The summed E-state index contributed by atoms with van der Waals surface area (Å²) in [5.41, 5.74) is 0.540. The Balaban J connectivity index is 1.81. The predicted molar refractivity (Wildman–Crippen MR) is 73.8 cm³/mol. The monoisotopic (exact) mass is 255 g/mol. The van der Waals surface area contributed by atoms with E-state index in [1.807, 2.05) is 0 Å². The van der Waals surface area contributed by atoms with Crippen molar-refractivity contribution in [2.75, 3.05) is 26.4 Å². The summed E-state index contributed by atoms with van der Waals surface area (Å²) in [5.74, 6) is 0. The van der Waals surface area contributed by atoms with Crippen LogP contribution in [0.5, 0.6) is 0 Å². The molecular weight excluding hydrogens is 226 g/mol. The van der Waals surface area contributed by atoms with Crippen LogP contribution in [0.4, 0.5) is 0 Å². The second kappa shape index (κ2) is 5.89. The van der Waals surface area contributed by atoms with E-state index in [1.54, 1.807) is 0 Å². The summed E-state index contributed by atoms with van der Waals surface area (Å²) in [6, 6.07) is 0. The Bertz CT molecular complexity index is 248. The second-order valence-corrected chi connectivity index (χ2v) is 7.08. The van der Waals surface area contributed by atoms with Crippen molar-refractivity contribution in [2.45, 2.75) is 64.5 Å². The minimum absolute atomic E-state index is 0.194. The van der Waals surface area contributed by atoms with Crippen molar-refractivity contribution in [3.05, 3.63) is 0 Å². The highest BCUT2D eigenvalue weighted by molar-refractivity contribution is 4.88. The van der Waals surface area contributed by atoms with Crippen LogP contribution in [0.2, 0.25) is 0 Å². The Morgan fingerprint density at radius 3 is 2.67 bits per heavy atom. The van der Waals surface area contributed by atoms with Crippen molar-refractivity contribution in [1.82, 2.24) is 5.32 Å². The summed E-state index contributed by atoms with van der Waals surface area (Å²) in [5, 5.41) is 3.66. The minimum Gasteiger partial charge on any atom is -0.381 e.